The Morgan fingerprint density at radius 1 is 0.600 bits per heavy atom. The van der Waals surface area contributed by atoms with Gasteiger partial charge in [-0.3, -0.25) is 0 Å². The monoisotopic (exact) mass is 382 g/mol. The van der Waals surface area contributed by atoms with E-state index in [2.05, 4.69) is 53.0 Å². The molecule has 25 heavy (non-hydrogen) atoms. The predicted octanol–water partition coefficient (Wildman–Crippen LogP) is 8.47. The quantitative estimate of drug-likeness (QED) is 0.131. The first-order valence-corrected chi connectivity index (χ1v) is 16.1. The van der Waals surface area contributed by atoms with E-state index in [-0.39, 0.29) is 0 Å². The van der Waals surface area contributed by atoms with E-state index >= 15 is 0 Å². The highest BCUT2D eigenvalue weighted by Gasteiger charge is 2.40. The number of hydrogen-bond acceptors (Lipinski definition) is 1. The molecule has 1 nitrogen and oxygen atoms in total. The van der Waals surface area contributed by atoms with E-state index < -0.39 is 16.6 Å². The van der Waals surface area contributed by atoms with Crippen molar-refractivity contribution in [2.45, 2.75) is 115 Å². The van der Waals surface area contributed by atoms with Crippen molar-refractivity contribution in [2.75, 3.05) is 0 Å². The smallest absolute Gasteiger partial charge is 0.179 e. The second kappa shape index (κ2) is 15.0. The summed E-state index contributed by atoms with van der Waals surface area (Å²) in [7, 11) is -3.07. The second-order valence-electron chi connectivity index (χ2n) is 7.66. The van der Waals surface area contributed by atoms with Crippen molar-refractivity contribution in [3.05, 3.63) is 25.3 Å². The predicted molar refractivity (Wildman–Crippen MR) is 121 cm³/mol. The lowest BCUT2D eigenvalue weighted by Crippen LogP contribution is -2.50. The first kappa shape index (κ1) is 24.9. The topological polar surface area (TPSA) is 9.23 Å². The fraction of sp³-hybridized carbons (Fsp3) is 0.818. The summed E-state index contributed by atoms with van der Waals surface area (Å²) in [6.45, 7) is 17.3. The summed E-state index contributed by atoms with van der Waals surface area (Å²) in [6, 6.07) is 7.96. The zero-order valence-corrected chi connectivity index (χ0v) is 19.9. The molecule has 0 unspecified atom stereocenters. The summed E-state index contributed by atoms with van der Waals surface area (Å²) in [4.78, 5) is 0. The molecule has 0 aliphatic rings. The number of hydrogen-bond donors (Lipinski definition) is 0. The van der Waals surface area contributed by atoms with E-state index in [4.69, 9.17) is 4.12 Å². The molecule has 0 fully saturated rings. The minimum atomic E-state index is -1.58. The molecule has 0 N–H and O–H groups in total. The molecule has 0 atom stereocenters. The highest BCUT2D eigenvalue weighted by molar-refractivity contribution is 6.87. The van der Waals surface area contributed by atoms with Gasteiger partial charge in [0.1, 0.15) is 0 Å². The Balaban J connectivity index is 4.88. The van der Waals surface area contributed by atoms with Gasteiger partial charge >= 0.3 is 0 Å². The van der Waals surface area contributed by atoms with Crippen LogP contribution in [0.5, 0.6) is 0 Å². The van der Waals surface area contributed by atoms with Gasteiger partial charge in [0.05, 0.1) is 0 Å². The Bertz CT molecular complexity index is 311. The van der Waals surface area contributed by atoms with Crippen LogP contribution in [-0.4, -0.2) is 16.6 Å². The van der Waals surface area contributed by atoms with Crippen LogP contribution in [0, 0.1) is 0 Å². The zero-order chi connectivity index (χ0) is 19.0. The molecule has 0 aliphatic heterocycles. The first-order valence-electron chi connectivity index (χ1n) is 11.0. The van der Waals surface area contributed by atoms with Gasteiger partial charge in [-0.15, -0.1) is 13.2 Å². The van der Waals surface area contributed by atoms with Crippen molar-refractivity contribution in [1.29, 1.82) is 0 Å². The minimum Gasteiger partial charge on any atom is -0.455 e. The molecule has 148 valence electrons. The molecular weight excluding hydrogens is 336 g/mol. The lowest BCUT2D eigenvalue weighted by Gasteiger charge is -2.41. The van der Waals surface area contributed by atoms with Crippen molar-refractivity contribution in [3.63, 3.8) is 0 Å². The molecule has 0 spiro atoms. The Morgan fingerprint density at radius 3 is 1.32 bits per heavy atom. The molecule has 0 aliphatic carbocycles. The normalized spacial score (nSPS) is 12.3. The molecule has 0 aromatic carbocycles. The van der Waals surface area contributed by atoms with E-state index in [1.54, 1.807) is 0 Å². The van der Waals surface area contributed by atoms with Crippen LogP contribution in [0.25, 0.3) is 0 Å². The van der Waals surface area contributed by atoms with Gasteiger partial charge in [-0.05, 0) is 61.9 Å². The van der Waals surface area contributed by atoms with E-state index in [0.717, 1.165) is 0 Å². The Kier molecular flexibility index (Phi) is 14.9. The zero-order valence-electron chi connectivity index (χ0n) is 17.9. The highest BCUT2D eigenvalue weighted by atomic mass is 28.4. The average molecular weight is 383 g/mol. The molecule has 0 radical (unpaired) electrons. The van der Waals surface area contributed by atoms with Crippen molar-refractivity contribution < 1.29 is 4.12 Å². The van der Waals surface area contributed by atoms with Crippen LogP contribution < -0.4 is 0 Å². The van der Waals surface area contributed by atoms with Crippen LogP contribution in [0.4, 0.5) is 0 Å². The van der Waals surface area contributed by atoms with Gasteiger partial charge in [-0.1, -0.05) is 65.5 Å². The summed E-state index contributed by atoms with van der Waals surface area (Å²) in [5, 5.41) is 0. The largest absolute Gasteiger partial charge is 0.455 e. The van der Waals surface area contributed by atoms with Gasteiger partial charge in [0.15, 0.2) is 16.6 Å². The molecule has 0 heterocycles. The molecule has 0 saturated carbocycles. The van der Waals surface area contributed by atoms with Crippen LogP contribution in [-0.2, 0) is 4.12 Å². The van der Waals surface area contributed by atoms with Crippen LogP contribution in [0.2, 0.25) is 36.3 Å². The Labute approximate surface area is 161 Å². The lowest BCUT2D eigenvalue weighted by molar-refractivity contribution is 0.492. The van der Waals surface area contributed by atoms with E-state index in [1.165, 1.54) is 87.6 Å². The molecule has 0 aromatic heterocycles. The standard InChI is InChI=1S/C22H46OSi2/c1-7-13-15-17-19-21-25(12-6,22-20-18-16-14-8-2)23-24(9-3,10-4)11-5/h7-8H,1-2,9-22H2,3-6H3. The first-order chi connectivity index (χ1) is 12.1. The van der Waals surface area contributed by atoms with Crippen molar-refractivity contribution in [2.24, 2.45) is 0 Å². The van der Waals surface area contributed by atoms with E-state index in [1.807, 2.05) is 0 Å². The Hall–Kier alpha value is -0.126. The third kappa shape index (κ3) is 9.95. The molecular formula is C22H46OSi2. The van der Waals surface area contributed by atoms with Gasteiger partial charge in [0.2, 0.25) is 0 Å². The van der Waals surface area contributed by atoms with Crippen LogP contribution in [0.15, 0.2) is 25.3 Å². The van der Waals surface area contributed by atoms with Gasteiger partial charge < -0.3 is 4.12 Å². The van der Waals surface area contributed by atoms with Crippen molar-refractivity contribution in [3.8, 4) is 0 Å². The third-order valence-corrected chi connectivity index (χ3v) is 17.2. The SMILES string of the molecule is C=CCCCCC[Si](CC)(CCCCCC=C)O[Si](CC)(CC)CC. The average Bonchev–Trinajstić information content (AvgIpc) is 2.65. The summed E-state index contributed by atoms with van der Waals surface area (Å²) < 4.78 is 7.27. The van der Waals surface area contributed by atoms with Crippen LogP contribution in [0.3, 0.4) is 0 Å². The maximum atomic E-state index is 7.27. The van der Waals surface area contributed by atoms with Crippen LogP contribution in [0.1, 0.15) is 79.1 Å². The minimum absolute atomic E-state index is 1.17. The lowest BCUT2D eigenvalue weighted by atomic mass is 10.2. The Morgan fingerprint density at radius 2 is 1.00 bits per heavy atom. The molecule has 0 aromatic rings. The van der Waals surface area contributed by atoms with E-state index in [9.17, 15) is 0 Å². The number of allylic oxidation sites excluding steroid dienone is 2. The molecule has 0 bridgehead atoms. The summed E-state index contributed by atoms with van der Waals surface area (Å²) in [5.74, 6) is 0. The molecule has 0 amide bonds. The maximum Gasteiger partial charge on any atom is 0.179 e. The van der Waals surface area contributed by atoms with Gasteiger partial charge in [0.25, 0.3) is 0 Å². The second-order valence-corrected chi connectivity index (χ2v) is 17.0. The van der Waals surface area contributed by atoms with Gasteiger partial charge in [0, 0.05) is 0 Å². The number of unbranched alkanes of at least 4 members (excludes halogenated alkanes) is 6. The van der Waals surface area contributed by atoms with E-state index in [0.29, 0.717) is 0 Å². The summed E-state index contributed by atoms with van der Waals surface area (Å²) in [6.07, 6.45) is 14.5. The van der Waals surface area contributed by atoms with Gasteiger partial charge in [-0.25, -0.2) is 0 Å². The van der Waals surface area contributed by atoms with Crippen molar-refractivity contribution in [1.82, 2.24) is 0 Å². The van der Waals surface area contributed by atoms with Crippen LogP contribution >= 0.6 is 0 Å². The number of rotatable bonds is 18. The summed E-state index contributed by atoms with van der Waals surface area (Å²) >= 11 is 0. The van der Waals surface area contributed by atoms with Crippen molar-refractivity contribution >= 4 is 16.6 Å². The molecule has 3 heteroatoms. The fourth-order valence-electron chi connectivity index (χ4n) is 3.90. The summed E-state index contributed by atoms with van der Waals surface area (Å²) in [5.41, 5.74) is 0. The molecule has 0 saturated heterocycles. The molecule has 0 rings (SSSR count). The fourth-order valence-corrected chi connectivity index (χ4v) is 14.9. The third-order valence-electron chi connectivity index (χ3n) is 6.09. The van der Waals surface area contributed by atoms with Gasteiger partial charge in [-0.2, -0.15) is 0 Å². The highest BCUT2D eigenvalue weighted by Crippen LogP contribution is 2.35. The maximum absolute atomic E-state index is 7.27.